The lowest BCUT2D eigenvalue weighted by molar-refractivity contribution is -0.115. The molecule has 0 aliphatic carbocycles. The van der Waals surface area contributed by atoms with Crippen molar-refractivity contribution < 1.29 is 18.7 Å². The number of benzene rings is 2. The molecule has 0 saturated carbocycles. The zero-order valence-corrected chi connectivity index (χ0v) is 16.3. The van der Waals surface area contributed by atoms with E-state index < -0.39 is 0 Å². The highest BCUT2D eigenvalue weighted by atomic mass is 16.6. The van der Waals surface area contributed by atoms with Crippen LogP contribution in [0.3, 0.4) is 0 Å². The van der Waals surface area contributed by atoms with E-state index in [9.17, 15) is 9.59 Å². The van der Waals surface area contributed by atoms with Crippen molar-refractivity contribution in [1.82, 2.24) is 4.98 Å². The van der Waals surface area contributed by atoms with Gasteiger partial charge in [-0.25, -0.2) is 9.78 Å². The number of oxazole rings is 1. The summed E-state index contributed by atoms with van der Waals surface area (Å²) in [5.41, 5.74) is 3.97. The zero-order chi connectivity index (χ0) is 20.4. The summed E-state index contributed by atoms with van der Waals surface area (Å²) in [5.74, 6) is 0.956. The molecule has 1 aromatic heterocycles. The first kappa shape index (κ1) is 18.7. The molecule has 1 aliphatic rings. The molecule has 1 saturated heterocycles. The van der Waals surface area contributed by atoms with Crippen LogP contribution in [0.2, 0.25) is 0 Å². The van der Waals surface area contributed by atoms with Gasteiger partial charge in [0.2, 0.25) is 11.8 Å². The molecule has 1 aliphatic heterocycles. The number of carbonyl (C=O) groups excluding carboxylic acids is 2. The normalized spacial score (nSPS) is 13.4. The van der Waals surface area contributed by atoms with Crippen molar-refractivity contribution in [3.8, 4) is 11.5 Å². The number of ether oxygens (including phenoxy) is 1. The molecule has 3 aromatic rings. The minimum Gasteiger partial charge on any atom is -0.447 e. The Morgan fingerprint density at radius 3 is 2.59 bits per heavy atom. The van der Waals surface area contributed by atoms with Crippen molar-refractivity contribution in [2.75, 3.05) is 23.4 Å². The highest BCUT2D eigenvalue weighted by Gasteiger charge is 2.23. The van der Waals surface area contributed by atoms with Crippen LogP contribution in [-0.4, -0.2) is 30.1 Å². The summed E-state index contributed by atoms with van der Waals surface area (Å²) in [6.07, 6.45) is -0.241. The molecule has 4 rings (SSSR count). The first-order chi connectivity index (χ1) is 14.0. The summed E-state index contributed by atoms with van der Waals surface area (Å²) < 4.78 is 10.7. The number of hydrogen-bond acceptors (Lipinski definition) is 5. The second kappa shape index (κ2) is 7.79. The molecular weight excluding hydrogens is 370 g/mol. The Hall–Kier alpha value is -3.61. The number of nitrogens with one attached hydrogen (secondary N) is 1. The number of carbonyl (C=O) groups is 2. The number of hydrogen-bond donors (Lipinski definition) is 1. The molecule has 0 spiro atoms. The number of anilines is 2. The average molecular weight is 391 g/mol. The van der Waals surface area contributed by atoms with Crippen molar-refractivity contribution in [3.05, 3.63) is 65.5 Å². The molecule has 29 heavy (non-hydrogen) atoms. The van der Waals surface area contributed by atoms with E-state index in [4.69, 9.17) is 9.15 Å². The van der Waals surface area contributed by atoms with Crippen molar-refractivity contribution >= 4 is 23.4 Å². The van der Waals surface area contributed by atoms with Gasteiger partial charge in [-0.1, -0.05) is 18.2 Å². The van der Waals surface area contributed by atoms with Crippen LogP contribution in [-0.2, 0) is 16.0 Å². The smallest absolute Gasteiger partial charge is 0.414 e. The van der Waals surface area contributed by atoms with Crippen LogP contribution in [0.1, 0.15) is 17.0 Å². The van der Waals surface area contributed by atoms with Gasteiger partial charge in [0.1, 0.15) is 12.4 Å². The number of aryl methyl sites for hydroxylation is 2. The zero-order valence-electron chi connectivity index (χ0n) is 16.3. The number of nitrogens with zero attached hydrogens (tertiary/aromatic N) is 2. The first-order valence-corrected chi connectivity index (χ1v) is 9.38. The van der Waals surface area contributed by atoms with E-state index in [0.29, 0.717) is 36.2 Å². The van der Waals surface area contributed by atoms with E-state index in [0.717, 1.165) is 16.8 Å². The molecule has 2 amide bonds. The van der Waals surface area contributed by atoms with Gasteiger partial charge in [-0.3, -0.25) is 9.69 Å². The van der Waals surface area contributed by atoms with E-state index >= 15 is 0 Å². The van der Waals surface area contributed by atoms with Crippen LogP contribution < -0.4 is 10.2 Å². The van der Waals surface area contributed by atoms with Gasteiger partial charge in [0, 0.05) is 16.9 Å². The number of rotatable bonds is 5. The largest absolute Gasteiger partial charge is 0.447 e. The molecule has 0 radical (unpaired) electrons. The fraction of sp³-hybridized carbons (Fsp3) is 0.227. The molecule has 0 bridgehead atoms. The lowest BCUT2D eigenvalue weighted by atomic mass is 10.1. The molecular formula is C22H21N3O4. The summed E-state index contributed by atoms with van der Waals surface area (Å²) in [5, 5.41) is 2.85. The van der Waals surface area contributed by atoms with E-state index in [2.05, 4.69) is 10.3 Å². The van der Waals surface area contributed by atoms with Crippen molar-refractivity contribution in [2.45, 2.75) is 20.3 Å². The summed E-state index contributed by atoms with van der Waals surface area (Å²) in [6, 6.07) is 14.9. The van der Waals surface area contributed by atoms with Gasteiger partial charge in [0.25, 0.3) is 0 Å². The second-order valence-electron chi connectivity index (χ2n) is 6.87. The van der Waals surface area contributed by atoms with Gasteiger partial charge in [-0.15, -0.1) is 0 Å². The Kier molecular flexibility index (Phi) is 5.03. The number of amides is 2. The lowest BCUT2D eigenvalue weighted by Crippen LogP contribution is -2.23. The molecule has 7 nitrogen and oxygen atoms in total. The van der Waals surface area contributed by atoms with Crippen LogP contribution in [0.5, 0.6) is 0 Å². The predicted octanol–water partition coefficient (Wildman–Crippen LogP) is 4.10. The minimum absolute atomic E-state index is 0.113. The Morgan fingerprint density at radius 1 is 1.14 bits per heavy atom. The Morgan fingerprint density at radius 2 is 1.90 bits per heavy atom. The maximum atomic E-state index is 12.5. The molecule has 7 heteroatoms. The van der Waals surface area contributed by atoms with Gasteiger partial charge in [0.15, 0.2) is 0 Å². The van der Waals surface area contributed by atoms with E-state index in [1.54, 1.807) is 36.1 Å². The maximum Gasteiger partial charge on any atom is 0.414 e. The number of aromatic nitrogens is 1. The highest BCUT2D eigenvalue weighted by molar-refractivity contribution is 5.93. The molecule has 1 fully saturated rings. The molecule has 0 unspecified atom stereocenters. The Balaban J connectivity index is 1.42. The Bertz CT molecular complexity index is 1060. The minimum atomic E-state index is -0.354. The van der Waals surface area contributed by atoms with Gasteiger partial charge >= 0.3 is 6.09 Å². The van der Waals surface area contributed by atoms with E-state index in [1.807, 2.05) is 31.2 Å². The third-order valence-electron chi connectivity index (χ3n) is 4.82. The molecule has 2 heterocycles. The van der Waals surface area contributed by atoms with Crippen molar-refractivity contribution in [1.29, 1.82) is 0 Å². The van der Waals surface area contributed by atoms with Crippen LogP contribution in [0, 0.1) is 13.8 Å². The molecule has 0 atom stereocenters. The van der Waals surface area contributed by atoms with Crippen LogP contribution in [0.15, 0.2) is 52.9 Å². The topological polar surface area (TPSA) is 84.7 Å². The monoisotopic (exact) mass is 391 g/mol. The third-order valence-corrected chi connectivity index (χ3v) is 4.82. The number of cyclic esters (lactones) is 1. The SMILES string of the molecule is Cc1ccccc1-c1nc(CC(=O)Nc2ccc(N3CCOC3=O)cc2)c(C)o1. The second-order valence-corrected chi connectivity index (χ2v) is 6.87. The quantitative estimate of drug-likeness (QED) is 0.708. The van der Waals surface area contributed by atoms with Crippen LogP contribution >= 0.6 is 0 Å². The molecule has 148 valence electrons. The fourth-order valence-corrected chi connectivity index (χ4v) is 3.23. The van der Waals surface area contributed by atoms with Crippen molar-refractivity contribution in [2.24, 2.45) is 0 Å². The fourth-order valence-electron chi connectivity index (χ4n) is 3.23. The summed E-state index contributed by atoms with van der Waals surface area (Å²) in [7, 11) is 0. The van der Waals surface area contributed by atoms with Crippen molar-refractivity contribution in [3.63, 3.8) is 0 Å². The van der Waals surface area contributed by atoms with Gasteiger partial charge in [-0.2, -0.15) is 0 Å². The standard InChI is InChI=1S/C22H21N3O4/c1-14-5-3-4-6-18(14)21-24-19(15(2)29-21)13-20(26)23-16-7-9-17(10-8-16)25-11-12-28-22(25)27/h3-10H,11-13H2,1-2H3,(H,23,26). The summed E-state index contributed by atoms with van der Waals surface area (Å²) in [6.45, 7) is 4.71. The predicted molar refractivity (Wildman–Crippen MR) is 109 cm³/mol. The maximum absolute atomic E-state index is 12.5. The third kappa shape index (κ3) is 3.99. The Labute approximate surface area is 168 Å². The van der Waals surface area contributed by atoms with Gasteiger partial charge in [0.05, 0.1) is 18.7 Å². The summed E-state index contributed by atoms with van der Waals surface area (Å²) >= 11 is 0. The summed E-state index contributed by atoms with van der Waals surface area (Å²) in [4.78, 5) is 30.1. The molecule has 1 N–H and O–H groups in total. The lowest BCUT2D eigenvalue weighted by Gasteiger charge is -2.13. The van der Waals surface area contributed by atoms with E-state index in [1.165, 1.54) is 0 Å². The first-order valence-electron chi connectivity index (χ1n) is 9.38. The average Bonchev–Trinajstić information content (AvgIpc) is 3.28. The highest BCUT2D eigenvalue weighted by Crippen LogP contribution is 2.25. The van der Waals surface area contributed by atoms with Crippen LogP contribution in [0.25, 0.3) is 11.5 Å². The van der Waals surface area contributed by atoms with Gasteiger partial charge in [-0.05, 0) is 49.7 Å². The van der Waals surface area contributed by atoms with E-state index in [-0.39, 0.29) is 18.4 Å². The van der Waals surface area contributed by atoms with Crippen LogP contribution in [0.4, 0.5) is 16.2 Å². The van der Waals surface area contributed by atoms with Gasteiger partial charge < -0.3 is 14.5 Å². The molecule has 2 aromatic carbocycles.